The molecule has 4 aliphatic rings. The van der Waals surface area contributed by atoms with Gasteiger partial charge in [0.05, 0.1) is 18.1 Å². The molecule has 2 heterocycles. The highest BCUT2D eigenvalue weighted by atomic mass is 16.6. The molecule has 1 aromatic rings. The van der Waals surface area contributed by atoms with Crippen LogP contribution in [0, 0.1) is 11.3 Å². The number of cyclic esters (lactones) is 1. The SMILES string of the molecule is COC[C@H]1OC(=O)c2coc3c2[C@@]1(C)C1=C(C3=O)C2CCC(O)[C@@]2(C)C[C@H]1OC(C)=O. The zero-order valence-corrected chi connectivity index (χ0v) is 18.0. The number of carbonyl (C=O) groups excluding carboxylic acids is 3. The number of aliphatic hydroxyl groups excluding tert-OH is 1. The Hall–Kier alpha value is -2.45. The molecule has 1 aliphatic heterocycles. The molecule has 31 heavy (non-hydrogen) atoms. The van der Waals surface area contributed by atoms with Crippen LogP contribution in [0.5, 0.6) is 0 Å². The van der Waals surface area contributed by atoms with E-state index in [9.17, 15) is 19.5 Å². The van der Waals surface area contributed by atoms with E-state index in [0.29, 0.717) is 36.0 Å². The maximum atomic E-state index is 13.7. The second-order valence-corrected chi connectivity index (χ2v) is 9.52. The van der Waals surface area contributed by atoms with Gasteiger partial charge in [0.15, 0.2) is 5.76 Å². The van der Waals surface area contributed by atoms with Gasteiger partial charge >= 0.3 is 11.9 Å². The molecule has 0 amide bonds. The van der Waals surface area contributed by atoms with E-state index in [1.54, 1.807) is 0 Å². The second kappa shape index (κ2) is 6.53. The number of methoxy groups -OCH3 is 1. The van der Waals surface area contributed by atoms with Crippen LogP contribution >= 0.6 is 0 Å². The van der Waals surface area contributed by atoms with Gasteiger partial charge in [0.2, 0.25) is 5.78 Å². The van der Waals surface area contributed by atoms with E-state index in [1.165, 1.54) is 20.3 Å². The number of Topliss-reactive ketones (excluding diaryl/α,β-unsaturated/α-hetero) is 1. The second-order valence-electron chi connectivity index (χ2n) is 9.52. The fraction of sp³-hybridized carbons (Fsp3) is 0.609. The molecule has 0 saturated heterocycles. The monoisotopic (exact) mass is 430 g/mol. The number of ketones is 1. The number of allylic oxidation sites excluding steroid dienone is 1. The molecule has 0 bridgehead atoms. The van der Waals surface area contributed by atoms with Crippen LogP contribution in [0.1, 0.15) is 66.5 Å². The van der Waals surface area contributed by atoms with E-state index in [4.69, 9.17) is 18.6 Å². The van der Waals surface area contributed by atoms with E-state index >= 15 is 0 Å². The quantitative estimate of drug-likeness (QED) is 0.727. The van der Waals surface area contributed by atoms with Crippen molar-refractivity contribution in [3.8, 4) is 0 Å². The van der Waals surface area contributed by atoms with E-state index in [-0.39, 0.29) is 29.6 Å². The summed E-state index contributed by atoms with van der Waals surface area (Å²) in [4.78, 5) is 38.4. The van der Waals surface area contributed by atoms with Crippen LogP contribution < -0.4 is 0 Å². The predicted molar refractivity (Wildman–Crippen MR) is 106 cm³/mol. The smallest absolute Gasteiger partial charge is 0.342 e. The summed E-state index contributed by atoms with van der Waals surface area (Å²) in [5.41, 5.74) is 0.292. The number of fused-ring (bicyclic) bond motifs is 3. The normalized spacial score (nSPS) is 38.4. The van der Waals surface area contributed by atoms with Gasteiger partial charge in [0, 0.05) is 30.6 Å². The lowest BCUT2D eigenvalue weighted by Crippen LogP contribution is -2.57. The van der Waals surface area contributed by atoms with E-state index in [2.05, 4.69) is 0 Å². The summed E-state index contributed by atoms with van der Waals surface area (Å²) in [5, 5.41) is 10.8. The topological polar surface area (TPSA) is 112 Å². The van der Waals surface area contributed by atoms with Crippen molar-refractivity contribution < 1.29 is 38.1 Å². The maximum absolute atomic E-state index is 13.7. The van der Waals surface area contributed by atoms with Gasteiger partial charge in [0.1, 0.15) is 24.0 Å². The number of furan rings is 1. The Morgan fingerprint density at radius 3 is 2.71 bits per heavy atom. The first-order valence-corrected chi connectivity index (χ1v) is 10.6. The van der Waals surface area contributed by atoms with Gasteiger partial charge in [-0.3, -0.25) is 9.59 Å². The third kappa shape index (κ3) is 2.46. The molecule has 1 aromatic heterocycles. The fourth-order valence-electron chi connectivity index (χ4n) is 6.47. The van der Waals surface area contributed by atoms with Crippen LogP contribution in [0.3, 0.4) is 0 Å². The molecule has 1 N–H and O–H groups in total. The zero-order valence-electron chi connectivity index (χ0n) is 18.0. The minimum absolute atomic E-state index is 0.106. The number of hydrogen-bond acceptors (Lipinski definition) is 8. The van der Waals surface area contributed by atoms with Gasteiger partial charge < -0.3 is 23.7 Å². The van der Waals surface area contributed by atoms with Gasteiger partial charge in [-0.1, -0.05) is 6.92 Å². The van der Waals surface area contributed by atoms with E-state index < -0.39 is 41.1 Å². The van der Waals surface area contributed by atoms with Crippen LogP contribution in [0.2, 0.25) is 0 Å². The lowest BCUT2D eigenvalue weighted by molar-refractivity contribution is -0.149. The highest BCUT2D eigenvalue weighted by Gasteiger charge is 2.64. The van der Waals surface area contributed by atoms with Crippen LogP contribution in [-0.2, 0) is 24.4 Å². The molecule has 0 radical (unpaired) electrons. The molecule has 0 spiro atoms. The predicted octanol–water partition coefficient (Wildman–Crippen LogP) is 2.33. The molecular weight excluding hydrogens is 404 g/mol. The lowest BCUT2D eigenvalue weighted by atomic mass is 9.54. The molecule has 8 heteroatoms. The molecule has 1 fully saturated rings. The summed E-state index contributed by atoms with van der Waals surface area (Å²) in [7, 11) is 1.51. The molecule has 6 atom stereocenters. The van der Waals surface area contributed by atoms with Crippen molar-refractivity contribution in [3.63, 3.8) is 0 Å². The Bertz CT molecular complexity index is 1030. The Morgan fingerprint density at radius 2 is 2.03 bits per heavy atom. The molecule has 5 rings (SSSR count). The van der Waals surface area contributed by atoms with Crippen LogP contribution in [0.25, 0.3) is 0 Å². The number of ether oxygens (including phenoxy) is 3. The van der Waals surface area contributed by atoms with Crippen LogP contribution in [-0.4, -0.2) is 54.9 Å². The van der Waals surface area contributed by atoms with Crippen molar-refractivity contribution in [1.82, 2.24) is 0 Å². The van der Waals surface area contributed by atoms with Crippen molar-refractivity contribution in [1.29, 1.82) is 0 Å². The summed E-state index contributed by atoms with van der Waals surface area (Å²) < 4.78 is 22.5. The van der Waals surface area contributed by atoms with Crippen LogP contribution in [0.4, 0.5) is 0 Å². The maximum Gasteiger partial charge on any atom is 0.342 e. The standard InChI is InChI=1S/C23H26O8/c1-10(24)30-13-7-22(2)12(5-6-14(22)25)16-18(13)23(3)15(9-28-4)31-21(27)11-8-29-20(17(11)23)19(16)26/h8,12-15,25H,5-7,9H2,1-4H3/t12?,13-,14?,15-,22+,23+/m1/s1. The third-order valence-corrected chi connectivity index (χ3v) is 7.93. The van der Waals surface area contributed by atoms with E-state index in [0.717, 1.165) is 0 Å². The first-order chi connectivity index (χ1) is 14.6. The van der Waals surface area contributed by atoms with Gasteiger partial charge in [-0.25, -0.2) is 4.79 Å². The highest BCUT2D eigenvalue weighted by Crippen LogP contribution is 2.62. The van der Waals surface area contributed by atoms with Gasteiger partial charge in [-0.2, -0.15) is 0 Å². The summed E-state index contributed by atoms with van der Waals surface area (Å²) in [6.45, 7) is 5.28. The number of esters is 2. The molecule has 2 unspecified atom stereocenters. The first-order valence-electron chi connectivity index (χ1n) is 10.6. The van der Waals surface area contributed by atoms with Crippen molar-refractivity contribution >= 4 is 17.7 Å². The number of rotatable bonds is 3. The Labute approximate surface area is 179 Å². The summed E-state index contributed by atoms with van der Waals surface area (Å²) in [6.07, 6.45) is 0.787. The Balaban J connectivity index is 1.81. The van der Waals surface area contributed by atoms with Gasteiger partial charge in [0.25, 0.3) is 0 Å². The average Bonchev–Trinajstić information content (AvgIpc) is 3.27. The van der Waals surface area contributed by atoms with Crippen molar-refractivity contribution in [2.24, 2.45) is 11.3 Å². The largest absolute Gasteiger partial charge is 0.460 e. The Kier molecular flexibility index (Phi) is 4.31. The van der Waals surface area contributed by atoms with E-state index in [1.807, 2.05) is 13.8 Å². The van der Waals surface area contributed by atoms with Crippen molar-refractivity contribution in [3.05, 3.63) is 34.3 Å². The molecule has 0 aromatic carbocycles. The molecule has 3 aliphatic carbocycles. The number of aliphatic hydroxyl groups is 1. The number of carbonyl (C=O) groups is 3. The van der Waals surface area contributed by atoms with Crippen molar-refractivity contribution in [2.75, 3.05) is 13.7 Å². The first kappa shape index (κ1) is 20.5. The van der Waals surface area contributed by atoms with Crippen molar-refractivity contribution in [2.45, 2.75) is 63.8 Å². The minimum atomic E-state index is -0.959. The van der Waals surface area contributed by atoms with Gasteiger partial charge in [-0.15, -0.1) is 0 Å². The number of hydrogen-bond donors (Lipinski definition) is 1. The summed E-state index contributed by atoms with van der Waals surface area (Å²) >= 11 is 0. The third-order valence-electron chi connectivity index (χ3n) is 7.93. The van der Waals surface area contributed by atoms with Gasteiger partial charge in [-0.05, 0) is 37.7 Å². The Morgan fingerprint density at radius 1 is 1.29 bits per heavy atom. The summed E-state index contributed by atoms with van der Waals surface area (Å²) in [6, 6.07) is 0. The molecule has 1 saturated carbocycles. The highest BCUT2D eigenvalue weighted by molar-refractivity contribution is 6.13. The van der Waals surface area contributed by atoms with Crippen LogP contribution in [0.15, 0.2) is 21.8 Å². The summed E-state index contributed by atoms with van der Waals surface area (Å²) in [5.74, 6) is -1.43. The minimum Gasteiger partial charge on any atom is -0.460 e. The molecule has 166 valence electrons. The molecular formula is C23H26O8. The fourth-order valence-corrected chi connectivity index (χ4v) is 6.47. The average molecular weight is 430 g/mol. The molecule has 8 nitrogen and oxygen atoms in total. The zero-order chi connectivity index (χ0) is 22.3. The lowest BCUT2D eigenvalue weighted by Gasteiger charge is -2.52.